The minimum Gasteiger partial charge on any atom is -0.479 e. The highest BCUT2D eigenvalue weighted by atomic mass is 32.2. The molecule has 0 saturated carbocycles. The van der Waals surface area contributed by atoms with Crippen LogP contribution in [0.15, 0.2) is 0 Å². The number of aliphatic carboxylic acids is 1. The number of ether oxygens (including phenoxy) is 1. The molecular formula is C10H17NO6S. The molecule has 1 aliphatic heterocycles. The first-order valence-corrected chi connectivity index (χ1v) is 7.25. The summed E-state index contributed by atoms with van der Waals surface area (Å²) in [6.45, 7) is 3.02. The fourth-order valence-corrected chi connectivity index (χ4v) is 2.31. The monoisotopic (exact) mass is 279 g/mol. The van der Waals surface area contributed by atoms with Gasteiger partial charge in [0, 0.05) is 13.0 Å². The maximum Gasteiger partial charge on any atom is 0.331 e. The van der Waals surface area contributed by atoms with Gasteiger partial charge < -0.3 is 15.2 Å². The van der Waals surface area contributed by atoms with Gasteiger partial charge in [0.05, 0.1) is 11.9 Å². The second-order valence-electron chi connectivity index (χ2n) is 4.59. The van der Waals surface area contributed by atoms with E-state index in [9.17, 15) is 18.0 Å². The Morgan fingerprint density at radius 1 is 1.44 bits per heavy atom. The Kier molecular flexibility index (Phi) is 4.33. The zero-order chi connectivity index (χ0) is 14.0. The lowest BCUT2D eigenvalue weighted by atomic mass is 9.99. The van der Waals surface area contributed by atoms with E-state index >= 15 is 0 Å². The van der Waals surface area contributed by atoms with Crippen molar-refractivity contribution in [3.63, 3.8) is 0 Å². The Morgan fingerprint density at radius 3 is 2.44 bits per heavy atom. The van der Waals surface area contributed by atoms with E-state index in [-0.39, 0.29) is 19.6 Å². The van der Waals surface area contributed by atoms with Crippen LogP contribution in [0, 0.1) is 0 Å². The van der Waals surface area contributed by atoms with Gasteiger partial charge in [-0.15, -0.1) is 0 Å². The number of amides is 1. The quantitative estimate of drug-likeness (QED) is 0.679. The highest BCUT2D eigenvalue weighted by Crippen LogP contribution is 2.19. The van der Waals surface area contributed by atoms with Crippen molar-refractivity contribution in [1.82, 2.24) is 5.32 Å². The molecule has 1 heterocycles. The Balaban J connectivity index is 2.73. The first-order chi connectivity index (χ1) is 8.19. The molecule has 18 heavy (non-hydrogen) atoms. The van der Waals surface area contributed by atoms with Crippen LogP contribution in [0.2, 0.25) is 0 Å². The van der Waals surface area contributed by atoms with E-state index < -0.39 is 38.3 Å². The molecule has 1 atom stereocenters. The molecule has 7 nitrogen and oxygen atoms in total. The molecule has 1 rings (SSSR count). The van der Waals surface area contributed by atoms with E-state index in [1.165, 1.54) is 13.8 Å². The minimum atomic E-state index is -3.54. The number of sulfone groups is 1. The average molecular weight is 279 g/mol. The van der Waals surface area contributed by atoms with Crippen LogP contribution in [0.3, 0.4) is 0 Å². The van der Waals surface area contributed by atoms with E-state index in [4.69, 9.17) is 9.84 Å². The SMILES string of the molecule is CC(C)S(=O)(=O)CC(=O)NC1(C(=O)O)CCOC1. The summed E-state index contributed by atoms with van der Waals surface area (Å²) in [6, 6.07) is 0. The topological polar surface area (TPSA) is 110 Å². The predicted molar refractivity (Wildman–Crippen MR) is 62.9 cm³/mol. The van der Waals surface area contributed by atoms with Crippen LogP contribution in [-0.2, 0) is 24.2 Å². The Labute approximate surface area is 105 Å². The third kappa shape index (κ3) is 3.20. The van der Waals surface area contributed by atoms with Crippen LogP contribution < -0.4 is 5.32 Å². The van der Waals surface area contributed by atoms with Crippen molar-refractivity contribution < 1.29 is 27.9 Å². The smallest absolute Gasteiger partial charge is 0.331 e. The lowest BCUT2D eigenvalue weighted by Gasteiger charge is -2.23. The molecule has 104 valence electrons. The minimum absolute atomic E-state index is 0.135. The summed E-state index contributed by atoms with van der Waals surface area (Å²) in [4.78, 5) is 22.7. The van der Waals surface area contributed by atoms with Gasteiger partial charge in [0.15, 0.2) is 15.4 Å². The molecule has 0 aromatic carbocycles. The van der Waals surface area contributed by atoms with Gasteiger partial charge in [-0.05, 0) is 13.8 Å². The summed E-state index contributed by atoms with van der Waals surface area (Å²) in [5, 5.41) is 10.7. The van der Waals surface area contributed by atoms with Crippen molar-refractivity contribution in [2.75, 3.05) is 19.0 Å². The normalized spacial score (nSPS) is 24.2. The van der Waals surface area contributed by atoms with Crippen LogP contribution in [-0.4, -0.2) is 55.2 Å². The largest absolute Gasteiger partial charge is 0.479 e. The number of carboxylic acid groups (broad SMARTS) is 1. The fraction of sp³-hybridized carbons (Fsp3) is 0.800. The third-order valence-corrected chi connectivity index (χ3v) is 4.96. The molecule has 0 spiro atoms. The molecule has 0 bridgehead atoms. The molecule has 1 aliphatic rings. The van der Waals surface area contributed by atoms with Crippen molar-refractivity contribution in [2.24, 2.45) is 0 Å². The summed E-state index contributed by atoms with van der Waals surface area (Å²) < 4.78 is 28.1. The highest BCUT2D eigenvalue weighted by molar-refractivity contribution is 7.92. The molecule has 1 fully saturated rings. The summed E-state index contributed by atoms with van der Waals surface area (Å²) in [7, 11) is -3.54. The number of rotatable bonds is 5. The van der Waals surface area contributed by atoms with Crippen LogP contribution in [0.5, 0.6) is 0 Å². The number of carboxylic acids is 1. The molecule has 0 aromatic heterocycles. The number of carbonyl (C=O) groups excluding carboxylic acids is 1. The molecule has 8 heteroatoms. The van der Waals surface area contributed by atoms with Crippen LogP contribution in [0.4, 0.5) is 0 Å². The zero-order valence-corrected chi connectivity index (χ0v) is 11.1. The molecule has 2 N–H and O–H groups in total. The Bertz CT molecular complexity index is 435. The van der Waals surface area contributed by atoms with Crippen LogP contribution in [0.1, 0.15) is 20.3 Å². The van der Waals surface area contributed by atoms with Crippen LogP contribution >= 0.6 is 0 Å². The lowest BCUT2D eigenvalue weighted by Crippen LogP contribution is -2.56. The first kappa shape index (κ1) is 14.9. The summed E-state index contributed by atoms with van der Waals surface area (Å²) >= 11 is 0. The molecule has 1 saturated heterocycles. The number of nitrogens with one attached hydrogen (secondary N) is 1. The zero-order valence-electron chi connectivity index (χ0n) is 10.3. The number of carbonyl (C=O) groups is 2. The van der Waals surface area contributed by atoms with E-state index in [2.05, 4.69) is 5.32 Å². The first-order valence-electron chi connectivity index (χ1n) is 5.53. The molecule has 0 aromatic rings. The summed E-state index contributed by atoms with van der Waals surface area (Å²) in [5.41, 5.74) is -1.50. The highest BCUT2D eigenvalue weighted by Gasteiger charge is 2.44. The summed E-state index contributed by atoms with van der Waals surface area (Å²) in [6.07, 6.45) is 0.135. The van der Waals surface area contributed by atoms with Crippen molar-refractivity contribution in [2.45, 2.75) is 31.1 Å². The Morgan fingerprint density at radius 2 is 2.06 bits per heavy atom. The van der Waals surface area contributed by atoms with E-state index in [0.717, 1.165) is 0 Å². The van der Waals surface area contributed by atoms with Crippen LogP contribution in [0.25, 0.3) is 0 Å². The molecule has 0 aliphatic carbocycles. The predicted octanol–water partition coefficient (Wildman–Crippen LogP) is -0.830. The lowest BCUT2D eigenvalue weighted by molar-refractivity contribution is -0.147. The van der Waals surface area contributed by atoms with Gasteiger partial charge >= 0.3 is 5.97 Å². The second kappa shape index (κ2) is 5.23. The maximum absolute atomic E-state index is 11.6. The average Bonchev–Trinajstić information content (AvgIpc) is 2.66. The van der Waals surface area contributed by atoms with E-state index in [1.54, 1.807) is 0 Å². The van der Waals surface area contributed by atoms with Crippen molar-refractivity contribution in [1.29, 1.82) is 0 Å². The molecule has 1 amide bonds. The van der Waals surface area contributed by atoms with Crippen molar-refractivity contribution in [3.8, 4) is 0 Å². The molecule has 1 unspecified atom stereocenters. The maximum atomic E-state index is 11.6. The van der Waals surface area contributed by atoms with Crippen molar-refractivity contribution >= 4 is 21.7 Å². The van der Waals surface area contributed by atoms with Gasteiger partial charge in [0.25, 0.3) is 0 Å². The fourth-order valence-electron chi connectivity index (χ4n) is 1.54. The number of hydrogen-bond acceptors (Lipinski definition) is 5. The molecule has 0 radical (unpaired) electrons. The van der Waals surface area contributed by atoms with Gasteiger partial charge in [-0.1, -0.05) is 0 Å². The van der Waals surface area contributed by atoms with Gasteiger partial charge in [0.2, 0.25) is 5.91 Å². The summed E-state index contributed by atoms with van der Waals surface area (Å²) in [5.74, 6) is -2.73. The number of hydrogen-bond donors (Lipinski definition) is 2. The standard InChI is InChI=1S/C10H17NO6S/c1-7(2)18(15,16)5-8(12)11-10(9(13)14)3-4-17-6-10/h7H,3-6H2,1-2H3,(H,11,12)(H,13,14). The second-order valence-corrected chi connectivity index (χ2v) is 7.15. The van der Waals surface area contributed by atoms with E-state index in [1.807, 2.05) is 0 Å². The van der Waals surface area contributed by atoms with Gasteiger partial charge in [-0.25, -0.2) is 13.2 Å². The Hall–Kier alpha value is -1.15. The van der Waals surface area contributed by atoms with Gasteiger partial charge in [-0.3, -0.25) is 4.79 Å². The van der Waals surface area contributed by atoms with Gasteiger partial charge in [0.1, 0.15) is 5.75 Å². The van der Waals surface area contributed by atoms with Crippen molar-refractivity contribution in [3.05, 3.63) is 0 Å². The van der Waals surface area contributed by atoms with Gasteiger partial charge in [-0.2, -0.15) is 0 Å². The molecular weight excluding hydrogens is 262 g/mol. The third-order valence-electron chi connectivity index (χ3n) is 2.86. The van der Waals surface area contributed by atoms with E-state index in [0.29, 0.717) is 0 Å².